The molecule has 1 atom stereocenters. The van der Waals surface area contributed by atoms with Crippen molar-refractivity contribution >= 4 is 17.6 Å². The molecule has 0 fully saturated rings. The fourth-order valence-electron chi connectivity index (χ4n) is 1.65. The lowest BCUT2D eigenvalue weighted by molar-refractivity contribution is -0.167. The summed E-state index contributed by atoms with van der Waals surface area (Å²) < 4.78 is 9.97. The van der Waals surface area contributed by atoms with Crippen molar-refractivity contribution in [1.82, 2.24) is 0 Å². The molecule has 0 aliphatic carbocycles. The lowest BCUT2D eigenvalue weighted by atomic mass is 10.1. The SMILES string of the molecule is CCNc1cccc(C(OC(C)=O)C(=O)OCC)c1. The highest BCUT2D eigenvalue weighted by molar-refractivity contribution is 5.80. The van der Waals surface area contributed by atoms with E-state index in [0.29, 0.717) is 5.56 Å². The van der Waals surface area contributed by atoms with Gasteiger partial charge in [-0.25, -0.2) is 4.79 Å². The van der Waals surface area contributed by atoms with Crippen LogP contribution < -0.4 is 5.32 Å². The van der Waals surface area contributed by atoms with Crippen LogP contribution in [0.1, 0.15) is 32.4 Å². The first kappa shape index (κ1) is 15.0. The third-order valence-electron chi connectivity index (χ3n) is 2.35. The number of rotatable bonds is 6. The van der Waals surface area contributed by atoms with E-state index >= 15 is 0 Å². The van der Waals surface area contributed by atoms with E-state index in [4.69, 9.17) is 9.47 Å². The predicted octanol–water partition coefficient (Wildman–Crippen LogP) is 2.29. The van der Waals surface area contributed by atoms with Crippen molar-refractivity contribution in [2.75, 3.05) is 18.5 Å². The minimum Gasteiger partial charge on any atom is -0.463 e. The number of esters is 2. The van der Waals surface area contributed by atoms with Gasteiger partial charge in [0.25, 0.3) is 0 Å². The van der Waals surface area contributed by atoms with Crippen molar-refractivity contribution < 1.29 is 19.1 Å². The third-order valence-corrected chi connectivity index (χ3v) is 2.35. The molecule has 0 saturated heterocycles. The zero-order valence-corrected chi connectivity index (χ0v) is 11.4. The van der Waals surface area contributed by atoms with Gasteiger partial charge in [-0.2, -0.15) is 0 Å². The maximum atomic E-state index is 11.8. The van der Waals surface area contributed by atoms with Gasteiger partial charge in [0.15, 0.2) is 0 Å². The van der Waals surface area contributed by atoms with Crippen LogP contribution >= 0.6 is 0 Å². The van der Waals surface area contributed by atoms with Crippen LogP contribution in [0.25, 0.3) is 0 Å². The lowest BCUT2D eigenvalue weighted by Crippen LogP contribution is -2.21. The molecule has 1 unspecified atom stereocenters. The van der Waals surface area contributed by atoms with Gasteiger partial charge < -0.3 is 14.8 Å². The second-order valence-corrected chi connectivity index (χ2v) is 3.90. The highest BCUT2D eigenvalue weighted by Gasteiger charge is 2.25. The standard InChI is InChI=1S/C14H19NO4/c1-4-15-12-8-6-7-11(9-12)13(19-10(3)16)14(17)18-5-2/h6-9,13,15H,4-5H2,1-3H3. The molecule has 0 heterocycles. The molecule has 5 nitrogen and oxygen atoms in total. The predicted molar refractivity (Wildman–Crippen MR) is 71.7 cm³/mol. The summed E-state index contributed by atoms with van der Waals surface area (Å²) >= 11 is 0. The molecule has 0 bridgehead atoms. The molecule has 0 saturated carbocycles. The molecule has 0 spiro atoms. The zero-order chi connectivity index (χ0) is 14.3. The second kappa shape index (κ2) is 7.41. The van der Waals surface area contributed by atoms with E-state index in [1.54, 1.807) is 25.1 Å². The minimum absolute atomic E-state index is 0.240. The summed E-state index contributed by atoms with van der Waals surface area (Å²) in [5.41, 5.74) is 1.45. The van der Waals surface area contributed by atoms with Crippen LogP contribution in [0.5, 0.6) is 0 Å². The highest BCUT2D eigenvalue weighted by Crippen LogP contribution is 2.22. The van der Waals surface area contributed by atoms with Gasteiger partial charge in [0.1, 0.15) is 0 Å². The van der Waals surface area contributed by atoms with Crippen LogP contribution in [0.2, 0.25) is 0 Å². The third kappa shape index (κ3) is 4.62. The topological polar surface area (TPSA) is 64.6 Å². The van der Waals surface area contributed by atoms with E-state index in [1.165, 1.54) is 6.92 Å². The molecular formula is C14H19NO4. The Labute approximate surface area is 112 Å². The van der Waals surface area contributed by atoms with Crippen LogP contribution in [0.4, 0.5) is 5.69 Å². The fourth-order valence-corrected chi connectivity index (χ4v) is 1.65. The smallest absolute Gasteiger partial charge is 0.352 e. The van der Waals surface area contributed by atoms with Crippen LogP contribution in [-0.4, -0.2) is 25.1 Å². The van der Waals surface area contributed by atoms with Gasteiger partial charge in [0.05, 0.1) is 6.61 Å². The summed E-state index contributed by atoms with van der Waals surface area (Å²) in [4.78, 5) is 22.9. The first-order valence-electron chi connectivity index (χ1n) is 6.26. The average molecular weight is 265 g/mol. The maximum absolute atomic E-state index is 11.8. The molecule has 1 rings (SSSR count). The quantitative estimate of drug-likeness (QED) is 0.799. The molecule has 1 N–H and O–H groups in total. The number of anilines is 1. The Balaban J connectivity index is 2.98. The van der Waals surface area contributed by atoms with E-state index in [0.717, 1.165) is 12.2 Å². The number of hydrogen-bond acceptors (Lipinski definition) is 5. The first-order valence-corrected chi connectivity index (χ1v) is 6.26. The number of benzene rings is 1. The molecular weight excluding hydrogens is 246 g/mol. The molecule has 0 aromatic heterocycles. The molecule has 5 heteroatoms. The van der Waals surface area contributed by atoms with Gasteiger partial charge in [0.2, 0.25) is 6.10 Å². The Morgan fingerprint density at radius 3 is 2.63 bits per heavy atom. The van der Waals surface area contributed by atoms with Crippen molar-refractivity contribution in [2.24, 2.45) is 0 Å². The Bertz CT molecular complexity index is 445. The molecule has 0 radical (unpaired) electrons. The van der Waals surface area contributed by atoms with E-state index in [1.807, 2.05) is 13.0 Å². The minimum atomic E-state index is -1.02. The number of carbonyl (C=O) groups is 2. The van der Waals surface area contributed by atoms with Gasteiger partial charge in [0, 0.05) is 24.7 Å². The summed E-state index contributed by atoms with van der Waals surface area (Å²) in [7, 11) is 0. The second-order valence-electron chi connectivity index (χ2n) is 3.90. The van der Waals surface area contributed by atoms with Crippen LogP contribution in [0, 0.1) is 0 Å². The van der Waals surface area contributed by atoms with Crippen LogP contribution in [0.15, 0.2) is 24.3 Å². The van der Waals surface area contributed by atoms with Gasteiger partial charge in [-0.1, -0.05) is 12.1 Å². The number of hydrogen-bond donors (Lipinski definition) is 1. The highest BCUT2D eigenvalue weighted by atomic mass is 16.6. The normalized spacial score (nSPS) is 11.5. The largest absolute Gasteiger partial charge is 0.463 e. The molecule has 1 aromatic rings. The maximum Gasteiger partial charge on any atom is 0.352 e. The summed E-state index contributed by atoms with van der Waals surface area (Å²) in [6.07, 6.45) is -1.02. The zero-order valence-electron chi connectivity index (χ0n) is 11.4. The number of carbonyl (C=O) groups excluding carboxylic acids is 2. The molecule has 0 aliphatic heterocycles. The number of nitrogens with one attached hydrogen (secondary N) is 1. The van der Waals surface area contributed by atoms with Gasteiger partial charge >= 0.3 is 11.9 Å². The van der Waals surface area contributed by atoms with Crippen molar-refractivity contribution in [3.8, 4) is 0 Å². The Hall–Kier alpha value is -2.04. The molecule has 104 valence electrons. The summed E-state index contributed by atoms with van der Waals surface area (Å²) in [6, 6.07) is 7.17. The lowest BCUT2D eigenvalue weighted by Gasteiger charge is -2.16. The van der Waals surface area contributed by atoms with Crippen molar-refractivity contribution in [2.45, 2.75) is 26.9 Å². The van der Waals surface area contributed by atoms with Gasteiger partial charge in [-0.15, -0.1) is 0 Å². The van der Waals surface area contributed by atoms with Crippen LogP contribution in [-0.2, 0) is 19.1 Å². The Morgan fingerprint density at radius 1 is 1.32 bits per heavy atom. The molecule has 19 heavy (non-hydrogen) atoms. The Kier molecular flexibility index (Phi) is 5.85. The summed E-state index contributed by atoms with van der Waals surface area (Å²) in [5.74, 6) is -1.08. The number of ether oxygens (including phenoxy) is 2. The van der Waals surface area contributed by atoms with E-state index in [2.05, 4.69) is 5.32 Å². The summed E-state index contributed by atoms with van der Waals surface area (Å²) in [5, 5.41) is 3.13. The van der Waals surface area contributed by atoms with Gasteiger partial charge in [-0.3, -0.25) is 4.79 Å². The van der Waals surface area contributed by atoms with Crippen molar-refractivity contribution in [1.29, 1.82) is 0 Å². The monoisotopic (exact) mass is 265 g/mol. The first-order chi connectivity index (χ1) is 9.08. The van der Waals surface area contributed by atoms with Crippen molar-refractivity contribution in [3.05, 3.63) is 29.8 Å². The Morgan fingerprint density at radius 2 is 2.05 bits per heavy atom. The van der Waals surface area contributed by atoms with E-state index in [-0.39, 0.29) is 6.61 Å². The van der Waals surface area contributed by atoms with Crippen LogP contribution in [0.3, 0.4) is 0 Å². The van der Waals surface area contributed by atoms with Gasteiger partial charge in [-0.05, 0) is 26.0 Å². The molecule has 0 aliphatic rings. The summed E-state index contributed by atoms with van der Waals surface area (Å²) in [6.45, 7) is 5.95. The average Bonchev–Trinajstić information content (AvgIpc) is 2.37. The van der Waals surface area contributed by atoms with E-state index in [9.17, 15) is 9.59 Å². The molecule has 1 aromatic carbocycles. The van der Waals surface area contributed by atoms with Crippen molar-refractivity contribution in [3.63, 3.8) is 0 Å². The van der Waals surface area contributed by atoms with E-state index < -0.39 is 18.0 Å². The fraction of sp³-hybridized carbons (Fsp3) is 0.429. The molecule has 0 amide bonds.